The second-order valence-corrected chi connectivity index (χ2v) is 4.86. The standard InChI is InChI=1S/C12H13BrClN3/c1-2-17-8-9(7-16-17)6-15-11-5-3-4-10(14)12(11)13/h3-5,7-8,15H,2,6H2,1H3. The molecule has 0 amide bonds. The van der Waals surface area contributed by atoms with Gasteiger partial charge in [-0.1, -0.05) is 17.7 Å². The van der Waals surface area contributed by atoms with E-state index in [1.54, 1.807) is 0 Å². The van der Waals surface area contributed by atoms with E-state index in [4.69, 9.17) is 11.6 Å². The van der Waals surface area contributed by atoms with Gasteiger partial charge >= 0.3 is 0 Å². The van der Waals surface area contributed by atoms with Crippen molar-refractivity contribution in [3.8, 4) is 0 Å². The van der Waals surface area contributed by atoms with Crippen LogP contribution in [0.3, 0.4) is 0 Å². The van der Waals surface area contributed by atoms with Crippen LogP contribution in [0, 0.1) is 0 Å². The molecule has 0 aliphatic carbocycles. The molecular weight excluding hydrogens is 302 g/mol. The maximum absolute atomic E-state index is 6.02. The van der Waals surface area contributed by atoms with Crippen molar-refractivity contribution in [3.63, 3.8) is 0 Å². The monoisotopic (exact) mass is 313 g/mol. The molecular formula is C12H13BrClN3. The van der Waals surface area contributed by atoms with Crippen LogP contribution < -0.4 is 5.32 Å². The van der Waals surface area contributed by atoms with Crippen molar-refractivity contribution in [1.29, 1.82) is 0 Å². The number of nitrogens with zero attached hydrogens (tertiary/aromatic N) is 2. The fraction of sp³-hybridized carbons (Fsp3) is 0.250. The Morgan fingerprint density at radius 1 is 1.47 bits per heavy atom. The summed E-state index contributed by atoms with van der Waals surface area (Å²) in [7, 11) is 0. The van der Waals surface area contributed by atoms with Crippen molar-refractivity contribution < 1.29 is 0 Å². The quantitative estimate of drug-likeness (QED) is 0.926. The Labute approximate surface area is 114 Å². The van der Waals surface area contributed by atoms with Crippen molar-refractivity contribution in [3.05, 3.63) is 45.7 Å². The van der Waals surface area contributed by atoms with Crippen molar-refractivity contribution >= 4 is 33.2 Å². The maximum Gasteiger partial charge on any atom is 0.0593 e. The van der Waals surface area contributed by atoms with E-state index in [-0.39, 0.29) is 0 Å². The van der Waals surface area contributed by atoms with E-state index in [9.17, 15) is 0 Å². The molecule has 0 saturated carbocycles. The predicted octanol–water partition coefficient (Wildman–Crippen LogP) is 3.93. The molecule has 90 valence electrons. The molecule has 0 saturated heterocycles. The molecule has 17 heavy (non-hydrogen) atoms. The molecule has 1 aromatic heterocycles. The molecule has 1 heterocycles. The van der Waals surface area contributed by atoms with Crippen molar-refractivity contribution in [2.24, 2.45) is 0 Å². The molecule has 2 rings (SSSR count). The summed E-state index contributed by atoms with van der Waals surface area (Å²) in [5.74, 6) is 0. The predicted molar refractivity (Wildman–Crippen MR) is 74.4 cm³/mol. The highest BCUT2D eigenvalue weighted by Crippen LogP contribution is 2.30. The number of hydrogen-bond donors (Lipinski definition) is 1. The molecule has 3 nitrogen and oxygen atoms in total. The average Bonchev–Trinajstić information content (AvgIpc) is 2.79. The van der Waals surface area contributed by atoms with Crippen LogP contribution in [0.5, 0.6) is 0 Å². The lowest BCUT2D eigenvalue weighted by atomic mass is 10.3. The highest BCUT2D eigenvalue weighted by atomic mass is 79.9. The van der Waals surface area contributed by atoms with E-state index in [2.05, 4.69) is 33.3 Å². The lowest BCUT2D eigenvalue weighted by Gasteiger charge is -2.08. The van der Waals surface area contributed by atoms with E-state index in [0.717, 1.165) is 28.8 Å². The molecule has 0 bridgehead atoms. The SMILES string of the molecule is CCn1cc(CNc2cccc(Cl)c2Br)cn1. The van der Waals surface area contributed by atoms with Crippen LogP contribution >= 0.6 is 27.5 Å². The highest BCUT2D eigenvalue weighted by Gasteiger charge is 2.03. The van der Waals surface area contributed by atoms with Crippen molar-refractivity contribution in [2.75, 3.05) is 5.32 Å². The minimum Gasteiger partial charge on any atom is -0.380 e. The number of hydrogen-bond acceptors (Lipinski definition) is 2. The van der Waals surface area contributed by atoms with Gasteiger partial charge in [0.15, 0.2) is 0 Å². The Morgan fingerprint density at radius 3 is 3.00 bits per heavy atom. The number of anilines is 1. The van der Waals surface area contributed by atoms with Gasteiger partial charge in [0.2, 0.25) is 0 Å². The Balaban J connectivity index is 2.04. The van der Waals surface area contributed by atoms with Gasteiger partial charge in [-0.25, -0.2) is 0 Å². The fourth-order valence-corrected chi connectivity index (χ4v) is 2.09. The van der Waals surface area contributed by atoms with Crippen molar-refractivity contribution in [1.82, 2.24) is 9.78 Å². The summed E-state index contributed by atoms with van der Waals surface area (Å²) in [5.41, 5.74) is 2.14. The summed E-state index contributed by atoms with van der Waals surface area (Å²) in [6, 6.07) is 5.76. The molecule has 0 aliphatic heterocycles. The summed E-state index contributed by atoms with van der Waals surface area (Å²) in [6.45, 7) is 3.69. The summed E-state index contributed by atoms with van der Waals surface area (Å²) in [4.78, 5) is 0. The van der Waals surface area contributed by atoms with Gasteiger partial charge in [0, 0.05) is 24.8 Å². The van der Waals surface area contributed by atoms with Crippen LogP contribution in [0.15, 0.2) is 35.1 Å². The molecule has 0 radical (unpaired) electrons. The molecule has 2 aromatic rings. The maximum atomic E-state index is 6.02. The summed E-state index contributed by atoms with van der Waals surface area (Å²) < 4.78 is 2.80. The number of benzene rings is 1. The van der Waals surface area contributed by atoms with Crippen LogP contribution in [-0.4, -0.2) is 9.78 Å². The Bertz CT molecular complexity index is 510. The first-order valence-corrected chi connectivity index (χ1v) is 6.57. The van der Waals surface area contributed by atoms with Crippen LogP contribution in [0.1, 0.15) is 12.5 Å². The van der Waals surface area contributed by atoms with Gasteiger partial charge < -0.3 is 5.32 Å². The van der Waals surface area contributed by atoms with Gasteiger partial charge in [0.05, 0.1) is 21.4 Å². The molecule has 0 atom stereocenters. The van der Waals surface area contributed by atoms with Gasteiger partial charge in [-0.2, -0.15) is 5.10 Å². The summed E-state index contributed by atoms with van der Waals surface area (Å²) >= 11 is 9.48. The topological polar surface area (TPSA) is 29.9 Å². The number of halogens is 2. The molecule has 0 spiro atoms. The molecule has 0 fully saturated rings. The molecule has 1 aromatic carbocycles. The van der Waals surface area contributed by atoms with E-state index >= 15 is 0 Å². The smallest absolute Gasteiger partial charge is 0.0593 e. The highest BCUT2D eigenvalue weighted by molar-refractivity contribution is 9.10. The number of aromatic nitrogens is 2. The second kappa shape index (κ2) is 5.56. The fourth-order valence-electron chi connectivity index (χ4n) is 1.51. The normalized spacial score (nSPS) is 10.5. The lowest BCUT2D eigenvalue weighted by molar-refractivity contribution is 0.659. The zero-order valence-electron chi connectivity index (χ0n) is 9.45. The summed E-state index contributed by atoms with van der Waals surface area (Å²) in [5, 5.41) is 8.26. The molecule has 5 heteroatoms. The summed E-state index contributed by atoms with van der Waals surface area (Å²) in [6.07, 6.45) is 3.90. The van der Waals surface area contributed by atoms with Crippen LogP contribution in [0.2, 0.25) is 5.02 Å². The first-order chi connectivity index (χ1) is 8.20. The van der Waals surface area contributed by atoms with Crippen LogP contribution in [0.4, 0.5) is 5.69 Å². The minimum atomic E-state index is 0.708. The first kappa shape index (κ1) is 12.5. The third-order valence-electron chi connectivity index (χ3n) is 2.45. The third-order valence-corrected chi connectivity index (χ3v) is 3.84. The molecule has 0 unspecified atom stereocenters. The Kier molecular flexibility index (Phi) is 4.07. The minimum absolute atomic E-state index is 0.708. The van der Waals surface area contributed by atoms with Crippen LogP contribution in [0.25, 0.3) is 0 Å². The number of nitrogens with one attached hydrogen (secondary N) is 1. The average molecular weight is 315 g/mol. The van der Waals surface area contributed by atoms with Crippen LogP contribution in [-0.2, 0) is 13.1 Å². The van der Waals surface area contributed by atoms with Crippen molar-refractivity contribution in [2.45, 2.75) is 20.0 Å². The van der Waals surface area contributed by atoms with E-state index < -0.39 is 0 Å². The van der Waals surface area contributed by atoms with Gasteiger partial charge in [-0.3, -0.25) is 4.68 Å². The van der Waals surface area contributed by atoms with Gasteiger partial charge in [0.1, 0.15) is 0 Å². The lowest BCUT2D eigenvalue weighted by Crippen LogP contribution is -1.99. The third kappa shape index (κ3) is 3.01. The first-order valence-electron chi connectivity index (χ1n) is 5.40. The van der Waals surface area contributed by atoms with E-state index in [0.29, 0.717) is 5.02 Å². The second-order valence-electron chi connectivity index (χ2n) is 3.66. The van der Waals surface area contributed by atoms with Gasteiger partial charge in [0.25, 0.3) is 0 Å². The zero-order chi connectivity index (χ0) is 12.3. The Morgan fingerprint density at radius 2 is 2.29 bits per heavy atom. The molecule has 1 N–H and O–H groups in total. The van der Waals surface area contributed by atoms with Gasteiger partial charge in [-0.15, -0.1) is 0 Å². The Hall–Kier alpha value is -1.00. The zero-order valence-corrected chi connectivity index (χ0v) is 11.8. The number of rotatable bonds is 4. The van der Waals surface area contributed by atoms with E-state index in [1.165, 1.54) is 0 Å². The molecule has 0 aliphatic rings. The van der Waals surface area contributed by atoms with E-state index in [1.807, 2.05) is 35.3 Å². The largest absolute Gasteiger partial charge is 0.380 e. The number of aryl methyl sites for hydroxylation is 1. The van der Waals surface area contributed by atoms with Gasteiger partial charge in [-0.05, 0) is 35.0 Å².